The summed E-state index contributed by atoms with van der Waals surface area (Å²) in [5.74, 6) is 0. The Morgan fingerprint density at radius 1 is 1.38 bits per heavy atom. The van der Waals surface area contributed by atoms with E-state index in [9.17, 15) is 4.79 Å². The first-order chi connectivity index (χ1) is 6.09. The van der Waals surface area contributed by atoms with E-state index in [1.54, 1.807) is 24.3 Å². The van der Waals surface area contributed by atoms with Gasteiger partial charge >= 0.3 is 0 Å². The molecular weight excluding hydrogens is 252 g/mol. The van der Waals surface area contributed by atoms with E-state index in [0.29, 0.717) is 5.56 Å². The first-order valence-electron chi connectivity index (χ1n) is 3.41. The predicted octanol–water partition coefficient (Wildman–Crippen LogP) is 2.22. The zero-order valence-corrected chi connectivity index (χ0v) is 8.98. The quantitative estimate of drug-likeness (QED) is 0.600. The summed E-state index contributed by atoms with van der Waals surface area (Å²) in [4.78, 5) is 11.3. The fourth-order valence-electron chi connectivity index (χ4n) is 0.745. The molecular formula is C8H7BrN2OS. The molecule has 0 saturated carbocycles. The van der Waals surface area contributed by atoms with Gasteiger partial charge in [-0.25, -0.2) is 0 Å². The molecule has 0 bridgehead atoms. The molecule has 0 radical (unpaired) electrons. The number of carbonyl (C=O) groups excluding carboxylic acids is 1. The van der Waals surface area contributed by atoms with Crippen LogP contribution in [0.5, 0.6) is 0 Å². The Labute approximate surface area is 88.3 Å². The van der Waals surface area contributed by atoms with Crippen molar-refractivity contribution in [2.75, 3.05) is 0 Å². The second-order valence-electron chi connectivity index (χ2n) is 2.26. The monoisotopic (exact) mass is 258 g/mol. The first-order valence-corrected chi connectivity index (χ1v) is 5.02. The molecule has 1 rings (SSSR count). The number of nitrogens with two attached hydrogens (primary N) is 1. The van der Waals surface area contributed by atoms with Crippen LogP contribution in [-0.2, 0) is 0 Å². The molecule has 1 aromatic rings. The van der Waals surface area contributed by atoms with Crippen LogP contribution in [0.3, 0.4) is 0 Å². The van der Waals surface area contributed by atoms with Gasteiger partial charge in [0.25, 0.3) is 0 Å². The second-order valence-corrected chi connectivity index (χ2v) is 4.19. The minimum Gasteiger partial charge on any atom is -0.378 e. The number of hydrogen-bond donors (Lipinski definition) is 2. The van der Waals surface area contributed by atoms with Crippen LogP contribution in [0.2, 0.25) is 0 Å². The van der Waals surface area contributed by atoms with Gasteiger partial charge in [0, 0.05) is 10.0 Å². The average Bonchev–Trinajstić information content (AvgIpc) is 2.04. The summed E-state index contributed by atoms with van der Waals surface area (Å²) in [5, 5.41) is 6.53. The van der Waals surface area contributed by atoms with Crippen LogP contribution in [-0.4, -0.2) is 10.3 Å². The maximum atomic E-state index is 11.3. The van der Waals surface area contributed by atoms with Crippen LogP contribution in [0, 0.1) is 5.41 Å². The van der Waals surface area contributed by atoms with E-state index in [-0.39, 0.29) is 10.3 Å². The van der Waals surface area contributed by atoms with Crippen molar-refractivity contribution in [2.45, 2.75) is 0 Å². The van der Waals surface area contributed by atoms with Gasteiger partial charge in [-0.05, 0) is 36.0 Å². The van der Waals surface area contributed by atoms with Gasteiger partial charge in [-0.2, -0.15) is 0 Å². The SMILES string of the molecule is N=C(N)SC(=O)c1ccc(Br)cc1. The molecule has 3 N–H and O–H groups in total. The van der Waals surface area contributed by atoms with Gasteiger partial charge in [0.15, 0.2) is 5.17 Å². The normalized spacial score (nSPS) is 9.62. The number of nitrogens with one attached hydrogen (secondary N) is 1. The van der Waals surface area contributed by atoms with E-state index < -0.39 is 0 Å². The molecule has 0 heterocycles. The van der Waals surface area contributed by atoms with Crippen LogP contribution in [0.4, 0.5) is 0 Å². The molecule has 0 aliphatic rings. The molecule has 0 amide bonds. The smallest absolute Gasteiger partial charge is 0.226 e. The van der Waals surface area contributed by atoms with Gasteiger partial charge in [0.2, 0.25) is 5.12 Å². The van der Waals surface area contributed by atoms with Gasteiger partial charge in [0.1, 0.15) is 0 Å². The number of rotatable bonds is 1. The Hall–Kier alpha value is -0.810. The Morgan fingerprint density at radius 3 is 2.38 bits per heavy atom. The van der Waals surface area contributed by atoms with Crippen molar-refractivity contribution in [3.05, 3.63) is 34.3 Å². The molecule has 13 heavy (non-hydrogen) atoms. The molecule has 5 heteroatoms. The lowest BCUT2D eigenvalue weighted by Gasteiger charge is -1.98. The van der Waals surface area contributed by atoms with Crippen molar-refractivity contribution >= 4 is 38.0 Å². The van der Waals surface area contributed by atoms with Gasteiger partial charge in [-0.1, -0.05) is 15.9 Å². The zero-order valence-electron chi connectivity index (χ0n) is 6.58. The lowest BCUT2D eigenvalue weighted by molar-refractivity contribution is 0.109. The molecule has 0 aliphatic carbocycles. The van der Waals surface area contributed by atoms with E-state index in [4.69, 9.17) is 11.1 Å². The van der Waals surface area contributed by atoms with Crippen LogP contribution >= 0.6 is 27.7 Å². The van der Waals surface area contributed by atoms with Gasteiger partial charge in [-0.3, -0.25) is 10.2 Å². The van der Waals surface area contributed by atoms with E-state index in [1.807, 2.05) is 0 Å². The minimum absolute atomic E-state index is 0.187. The van der Waals surface area contributed by atoms with Gasteiger partial charge in [0.05, 0.1) is 0 Å². The van der Waals surface area contributed by atoms with Gasteiger partial charge < -0.3 is 5.73 Å². The summed E-state index contributed by atoms with van der Waals surface area (Å²) in [6.07, 6.45) is 0. The highest BCUT2D eigenvalue weighted by molar-refractivity contribution is 9.10. The minimum atomic E-state index is -0.208. The van der Waals surface area contributed by atoms with E-state index in [2.05, 4.69) is 15.9 Å². The number of amidine groups is 1. The fourth-order valence-corrected chi connectivity index (χ4v) is 1.46. The third-order valence-electron chi connectivity index (χ3n) is 1.28. The van der Waals surface area contributed by atoms with E-state index in [0.717, 1.165) is 16.2 Å². The standard InChI is InChI=1S/C8H7BrN2OS/c9-6-3-1-5(2-4-6)7(12)13-8(10)11/h1-4H,(H3,10,11). The highest BCUT2D eigenvalue weighted by atomic mass is 79.9. The molecule has 0 aliphatic heterocycles. The van der Waals surface area contributed by atoms with Crippen LogP contribution < -0.4 is 5.73 Å². The Morgan fingerprint density at radius 2 is 1.92 bits per heavy atom. The molecule has 0 aromatic heterocycles. The average molecular weight is 259 g/mol. The fraction of sp³-hybridized carbons (Fsp3) is 0. The van der Waals surface area contributed by atoms with E-state index >= 15 is 0 Å². The zero-order chi connectivity index (χ0) is 9.84. The van der Waals surface area contributed by atoms with E-state index in [1.165, 1.54) is 0 Å². The Bertz CT molecular complexity index is 337. The molecule has 0 fully saturated rings. The number of benzene rings is 1. The predicted molar refractivity (Wildman–Crippen MR) is 58.0 cm³/mol. The van der Waals surface area contributed by atoms with Crippen molar-refractivity contribution in [1.82, 2.24) is 0 Å². The summed E-state index contributed by atoms with van der Waals surface area (Å²) in [5.41, 5.74) is 5.62. The summed E-state index contributed by atoms with van der Waals surface area (Å²) in [6.45, 7) is 0. The summed E-state index contributed by atoms with van der Waals surface area (Å²) < 4.78 is 0.914. The first kappa shape index (κ1) is 10.3. The van der Waals surface area contributed by atoms with Crippen molar-refractivity contribution in [1.29, 1.82) is 5.41 Å². The van der Waals surface area contributed by atoms with Gasteiger partial charge in [-0.15, -0.1) is 0 Å². The van der Waals surface area contributed by atoms with Crippen molar-refractivity contribution in [2.24, 2.45) is 5.73 Å². The summed E-state index contributed by atoms with van der Waals surface area (Å²) in [7, 11) is 0. The number of halogens is 1. The third kappa shape index (κ3) is 3.20. The highest BCUT2D eigenvalue weighted by Crippen LogP contribution is 2.15. The third-order valence-corrected chi connectivity index (χ3v) is 2.45. The van der Waals surface area contributed by atoms with Crippen molar-refractivity contribution < 1.29 is 4.79 Å². The highest BCUT2D eigenvalue weighted by Gasteiger charge is 2.07. The molecule has 0 saturated heterocycles. The second kappa shape index (κ2) is 4.43. The maximum absolute atomic E-state index is 11.3. The lowest BCUT2D eigenvalue weighted by Crippen LogP contribution is -2.08. The van der Waals surface area contributed by atoms with Crippen LogP contribution in [0.15, 0.2) is 28.7 Å². The molecule has 0 unspecified atom stereocenters. The Kier molecular flexibility index (Phi) is 3.50. The number of thioether (sulfide) groups is 1. The molecule has 0 atom stereocenters. The number of carbonyl (C=O) groups is 1. The molecule has 1 aromatic carbocycles. The number of hydrogen-bond acceptors (Lipinski definition) is 3. The summed E-state index contributed by atoms with van der Waals surface area (Å²) in [6, 6.07) is 6.91. The maximum Gasteiger partial charge on any atom is 0.226 e. The van der Waals surface area contributed by atoms with Crippen molar-refractivity contribution in [3.8, 4) is 0 Å². The molecule has 68 valence electrons. The molecule has 3 nitrogen and oxygen atoms in total. The van der Waals surface area contributed by atoms with Crippen molar-refractivity contribution in [3.63, 3.8) is 0 Å². The lowest BCUT2D eigenvalue weighted by atomic mass is 10.2. The molecule has 0 spiro atoms. The topological polar surface area (TPSA) is 66.9 Å². The largest absolute Gasteiger partial charge is 0.378 e. The Balaban J connectivity index is 2.78. The van der Waals surface area contributed by atoms with Crippen LogP contribution in [0.25, 0.3) is 0 Å². The summed E-state index contributed by atoms with van der Waals surface area (Å²) >= 11 is 3.98. The van der Waals surface area contributed by atoms with Crippen LogP contribution in [0.1, 0.15) is 10.4 Å².